The fourth-order valence-corrected chi connectivity index (χ4v) is 3.93. The molecule has 138 valence electrons. The van der Waals surface area contributed by atoms with E-state index in [0.29, 0.717) is 25.3 Å². The monoisotopic (exact) mass is 348 g/mol. The van der Waals surface area contributed by atoms with Crippen molar-refractivity contribution in [3.05, 3.63) is 23.7 Å². The quantitative estimate of drug-likeness (QED) is 0.855. The average molecular weight is 348 g/mol. The van der Waals surface area contributed by atoms with Gasteiger partial charge in [-0.2, -0.15) is 0 Å². The molecule has 0 bridgehead atoms. The fourth-order valence-electron chi connectivity index (χ4n) is 3.93. The molecule has 1 aromatic heterocycles. The SMILES string of the molecule is CC(C)c1ccoc1C(=O)N1CC[C@@H](NC(=O)C(O)C2CCCC2)C1. The number of amides is 2. The van der Waals surface area contributed by atoms with Gasteiger partial charge in [0.15, 0.2) is 5.76 Å². The maximum Gasteiger partial charge on any atom is 0.289 e. The first-order chi connectivity index (χ1) is 12.0. The zero-order chi connectivity index (χ0) is 18.0. The van der Waals surface area contributed by atoms with Gasteiger partial charge in [-0.05, 0) is 37.2 Å². The van der Waals surface area contributed by atoms with Crippen LogP contribution in [0.3, 0.4) is 0 Å². The lowest BCUT2D eigenvalue weighted by Gasteiger charge is -2.21. The summed E-state index contributed by atoms with van der Waals surface area (Å²) in [6.45, 7) is 5.10. The van der Waals surface area contributed by atoms with Crippen molar-refractivity contribution < 1.29 is 19.1 Å². The molecule has 1 aromatic rings. The number of carbonyl (C=O) groups excluding carboxylic acids is 2. The van der Waals surface area contributed by atoms with Crippen molar-refractivity contribution in [1.29, 1.82) is 0 Å². The van der Waals surface area contributed by atoms with Gasteiger partial charge in [0.05, 0.1) is 6.26 Å². The van der Waals surface area contributed by atoms with Gasteiger partial charge < -0.3 is 19.7 Å². The van der Waals surface area contributed by atoms with E-state index in [1.807, 2.05) is 19.9 Å². The Bertz CT molecular complexity index is 619. The molecule has 2 aliphatic rings. The highest BCUT2D eigenvalue weighted by atomic mass is 16.3. The number of hydrogen-bond donors (Lipinski definition) is 2. The number of likely N-dealkylation sites (tertiary alicyclic amines) is 1. The second-order valence-electron chi connectivity index (χ2n) is 7.59. The molecule has 1 aliphatic heterocycles. The molecule has 1 unspecified atom stereocenters. The number of aliphatic hydroxyl groups is 1. The van der Waals surface area contributed by atoms with Crippen LogP contribution in [0.4, 0.5) is 0 Å². The van der Waals surface area contributed by atoms with Gasteiger partial charge in [0.1, 0.15) is 6.10 Å². The minimum Gasteiger partial charge on any atom is -0.459 e. The minimum atomic E-state index is -0.926. The summed E-state index contributed by atoms with van der Waals surface area (Å²) in [6, 6.07) is 1.73. The zero-order valence-corrected chi connectivity index (χ0v) is 15.0. The molecule has 0 aromatic carbocycles. The predicted molar refractivity (Wildman–Crippen MR) is 93.2 cm³/mol. The van der Waals surface area contributed by atoms with Gasteiger partial charge in [0.2, 0.25) is 5.91 Å². The van der Waals surface area contributed by atoms with Gasteiger partial charge in [0.25, 0.3) is 5.91 Å². The highest BCUT2D eigenvalue weighted by Crippen LogP contribution is 2.28. The topological polar surface area (TPSA) is 82.8 Å². The Morgan fingerprint density at radius 1 is 1.28 bits per heavy atom. The predicted octanol–water partition coefficient (Wildman–Crippen LogP) is 2.28. The third kappa shape index (κ3) is 3.89. The Balaban J connectivity index is 1.55. The van der Waals surface area contributed by atoms with Crippen molar-refractivity contribution in [2.45, 2.75) is 64.0 Å². The second-order valence-corrected chi connectivity index (χ2v) is 7.59. The molecule has 2 heterocycles. The molecule has 1 saturated heterocycles. The molecule has 3 rings (SSSR count). The molecule has 1 aliphatic carbocycles. The summed E-state index contributed by atoms with van der Waals surface area (Å²) in [5.74, 6) is 0.273. The van der Waals surface area contributed by atoms with E-state index in [1.54, 1.807) is 11.2 Å². The summed E-state index contributed by atoms with van der Waals surface area (Å²) in [6.07, 6.45) is 5.33. The number of carbonyl (C=O) groups is 2. The standard InChI is InChI=1S/C19H28N2O4/c1-12(2)15-8-10-25-17(15)19(24)21-9-7-14(11-21)20-18(23)16(22)13-5-3-4-6-13/h8,10,12-14,16,22H,3-7,9,11H2,1-2H3,(H,20,23)/t14-,16?/m1/s1. The number of hydrogen-bond acceptors (Lipinski definition) is 4. The van der Waals surface area contributed by atoms with Crippen molar-refractivity contribution in [3.63, 3.8) is 0 Å². The number of rotatable bonds is 5. The fraction of sp³-hybridized carbons (Fsp3) is 0.684. The van der Waals surface area contributed by atoms with Crippen LogP contribution in [-0.2, 0) is 4.79 Å². The first-order valence-electron chi connectivity index (χ1n) is 9.32. The molecule has 2 atom stereocenters. The summed E-state index contributed by atoms with van der Waals surface area (Å²) < 4.78 is 5.40. The van der Waals surface area contributed by atoms with Crippen LogP contribution in [0.1, 0.15) is 68.0 Å². The Morgan fingerprint density at radius 2 is 2.00 bits per heavy atom. The van der Waals surface area contributed by atoms with Crippen LogP contribution in [0.25, 0.3) is 0 Å². The largest absolute Gasteiger partial charge is 0.459 e. The summed E-state index contributed by atoms with van der Waals surface area (Å²) in [7, 11) is 0. The van der Waals surface area contributed by atoms with E-state index in [2.05, 4.69) is 5.32 Å². The van der Waals surface area contributed by atoms with Crippen molar-refractivity contribution in [2.75, 3.05) is 13.1 Å². The highest BCUT2D eigenvalue weighted by Gasteiger charge is 2.34. The van der Waals surface area contributed by atoms with Gasteiger partial charge in [0, 0.05) is 24.7 Å². The summed E-state index contributed by atoms with van der Waals surface area (Å²) >= 11 is 0. The summed E-state index contributed by atoms with van der Waals surface area (Å²) in [5, 5.41) is 13.1. The molecule has 0 radical (unpaired) electrons. The molecule has 2 amide bonds. The average Bonchev–Trinajstić information content (AvgIpc) is 3.33. The van der Waals surface area contributed by atoms with Gasteiger partial charge in [-0.3, -0.25) is 9.59 Å². The Labute approximate surface area is 148 Å². The van der Waals surface area contributed by atoms with Crippen LogP contribution in [0, 0.1) is 5.92 Å². The molecule has 25 heavy (non-hydrogen) atoms. The molecule has 0 spiro atoms. The van der Waals surface area contributed by atoms with Gasteiger partial charge in [-0.1, -0.05) is 26.7 Å². The van der Waals surface area contributed by atoms with E-state index < -0.39 is 6.10 Å². The lowest BCUT2D eigenvalue weighted by Crippen LogP contribution is -2.45. The third-order valence-corrected chi connectivity index (χ3v) is 5.45. The summed E-state index contributed by atoms with van der Waals surface area (Å²) in [5.41, 5.74) is 0.911. The van der Waals surface area contributed by atoms with Crippen LogP contribution in [0.15, 0.2) is 16.7 Å². The molecule has 1 saturated carbocycles. The zero-order valence-electron chi connectivity index (χ0n) is 15.0. The van der Waals surface area contributed by atoms with Crippen LogP contribution in [-0.4, -0.2) is 47.1 Å². The minimum absolute atomic E-state index is 0.0795. The number of aliphatic hydroxyl groups excluding tert-OH is 1. The first kappa shape index (κ1) is 18.0. The van der Waals surface area contributed by atoms with Gasteiger partial charge >= 0.3 is 0 Å². The van der Waals surface area contributed by atoms with E-state index in [9.17, 15) is 14.7 Å². The molecule has 2 N–H and O–H groups in total. The molecule has 6 heteroatoms. The van der Waals surface area contributed by atoms with Crippen molar-refractivity contribution >= 4 is 11.8 Å². The van der Waals surface area contributed by atoms with Gasteiger partial charge in [-0.15, -0.1) is 0 Å². The van der Waals surface area contributed by atoms with Gasteiger partial charge in [-0.25, -0.2) is 0 Å². The van der Waals surface area contributed by atoms with E-state index in [0.717, 1.165) is 31.2 Å². The molecule has 6 nitrogen and oxygen atoms in total. The van der Waals surface area contributed by atoms with Crippen molar-refractivity contribution in [3.8, 4) is 0 Å². The number of nitrogens with zero attached hydrogens (tertiary/aromatic N) is 1. The van der Waals surface area contributed by atoms with Crippen LogP contribution in [0.2, 0.25) is 0 Å². The maximum absolute atomic E-state index is 12.7. The molecular weight excluding hydrogens is 320 g/mol. The third-order valence-electron chi connectivity index (χ3n) is 5.45. The lowest BCUT2D eigenvalue weighted by molar-refractivity contribution is -0.132. The Morgan fingerprint density at radius 3 is 2.68 bits per heavy atom. The second kappa shape index (κ2) is 7.60. The highest BCUT2D eigenvalue weighted by molar-refractivity contribution is 5.93. The van der Waals surface area contributed by atoms with E-state index in [4.69, 9.17) is 4.42 Å². The molecular formula is C19H28N2O4. The Hall–Kier alpha value is -1.82. The van der Waals surface area contributed by atoms with E-state index in [1.165, 1.54) is 0 Å². The first-order valence-corrected chi connectivity index (χ1v) is 9.32. The Kier molecular flexibility index (Phi) is 5.47. The smallest absolute Gasteiger partial charge is 0.289 e. The molecule has 2 fully saturated rings. The van der Waals surface area contributed by atoms with E-state index >= 15 is 0 Å². The lowest BCUT2D eigenvalue weighted by atomic mass is 10.00. The van der Waals surface area contributed by atoms with E-state index in [-0.39, 0.29) is 29.7 Å². The van der Waals surface area contributed by atoms with Crippen LogP contribution < -0.4 is 5.32 Å². The van der Waals surface area contributed by atoms with Crippen molar-refractivity contribution in [1.82, 2.24) is 10.2 Å². The summed E-state index contributed by atoms with van der Waals surface area (Å²) in [4.78, 5) is 26.6. The van der Waals surface area contributed by atoms with Crippen LogP contribution in [0.5, 0.6) is 0 Å². The van der Waals surface area contributed by atoms with Crippen LogP contribution >= 0.6 is 0 Å². The number of furan rings is 1. The number of nitrogens with one attached hydrogen (secondary N) is 1. The normalized spacial score (nSPS) is 22.6. The van der Waals surface area contributed by atoms with Crippen molar-refractivity contribution in [2.24, 2.45) is 5.92 Å². The maximum atomic E-state index is 12.7.